The van der Waals surface area contributed by atoms with Crippen LogP contribution in [-0.4, -0.2) is 6.54 Å². The molecule has 0 aliphatic carbocycles. The molecular weight excluding hydrogens is 202 g/mol. The van der Waals surface area contributed by atoms with E-state index in [1.165, 1.54) is 5.56 Å². The number of furan rings is 1. The van der Waals surface area contributed by atoms with Gasteiger partial charge in [0, 0.05) is 24.4 Å². The lowest BCUT2D eigenvalue weighted by Crippen LogP contribution is -2.31. The zero-order valence-electron chi connectivity index (χ0n) is 8.85. The predicted octanol–water partition coefficient (Wildman–Crippen LogP) is 2.50. The number of hydrogen-bond acceptors (Lipinski definition) is 3. The van der Waals surface area contributed by atoms with Crippen LogP contribution < -0.4 is 10.3 Å². The standard InChI is InChI=1S/C13H13NO2/c1-2-6-13-12(5-1)10(9-14-16-13)8-11-4-3-7-15-11/h1-7,10,14H,8-9H2. The fourth-order valence-electron chi connectivity index (χ4n) is 2.09. The highest BCUT2D eigenvalue weighted by Crippen LogP contribution is 2.31. The van der Waals surface area contributed by atoms with Crippen molar-refractivity contribution in [1.82, 2.24) is 5.48 Å². The van der Waals surface area contributed by atoms with Crippen LogP contribution in [0.2, 0.25) is 0 Å². The van der Waals surface area contributed by atoms with Gasteiger partial charge in [-0.15, -0.1) is 0 Å². The fourth-order valence-corrected chi connectivity index (χ4v) is 2.09. The molecule has 2 heterocycles. The van der Waals surface area contributed by atoms with Crippen molar-refractivity contribution in [2.24, 2.45) is 0 Å². The molecule has 0 bridgehead atoms. The van der Waals surface area contributed by atoms with Gasteiger partial charge in [-0.05, 0) is 18.2 Å². The number of nitrogens with one attached hydrogen (secondary N) is 1. The summed E-state index contributed by atoms with van der Waals surface area (Å²) >= 11 is 0. The van der Waals surface area contributed by atoms with E-state index >= 15 is 0 Å². The molecule has 0 spiro atoms. The molecule has 1 unspecified atom stereocenters. The molecule has 1 aliphatic heterocycles. The third kappa shape index (κ3) is 1.70. The van der Waals surface area contributed by atoms with Gasteiger partial charge >= 0.3 is 0 Å². The molecule has 0 saturated heterocycles. The van der Waals surface area contributed by atoms with Crippen LogP contribution in [0.15, 0.2) is 47.1 Å². The van der Waals surface area contributed by atoms with Gasteiger partial charge in [-0.25, -0.2) is 0 Å². The lowest BCUT2D eigenvalue weighted by Gasteiger charge is -2.25. The average Bonchev–Trinajstić information content (AvgIpc) is 2.82. The molecule has 3 rings (SSSR count). The number of hydrogen-bond donors (Lipinski definition) is 1. The van der Waals surface area contributed by atoms with Gasteiger partial charge in [0.1, 0.15) is 5.76 Å². The van der Waals surface area contributed by atoms with E-state index in [0.29, 0.717) is 5.92 Å². The van der Waals surface area contributed by atoms with Gasteiger partial charge in [0.2, 0.25) is 0 Å². The summed E-state index contributed by atoms with van der Waals surface area (Å²) in [6.45, 7) is 0.817. The van der Waals surface area contributed by atoms with Gasteiger partial charge in [-0.2, -0.15) is 5.48 Å². The molecule has 0 saturated carbocycles. The molecule has 1 aromatic carbocycles. The molecule has 2 aromatic rings. The first kappa shape index (κ1) is 9.48. The van der Waals surface area contributed by atoms with Crippen molar-refractivity contribution in [2.45, 2.75) is 12.3 Å². The van der Waals surface area contributed by atoms with Crippen molar-refractivity contribution in [2.75, 3.05) is 6.54 Å². The average molecular weight is 215 g/mol. The van der Waals surface area contributed by atoms with Crippen LogP contribution in [0.5, 0.6) is 5.75 Å². The van der Waals surface area contributed by atoms with E-state index in [-0.39, 0.29) is 0 Å². The number of benzene rings is 1. The number of hydroxylamine groups is 1. The van der Waals surface area contributed by atoms with E-state index < -0.39 is 0 Å². The topological polar surface area (TPSA) is 34.4 Å². The molecule has 3 heteroatoms. The normalized spacial score (nSPS) is 18.9. The Balaban J connectivity index is 1.87. The lowest BCUT2D eigenvalue weighted by atomic mass is 9.93. The van der Waals surface area contributed by atoms with E-state index in [0.717, 1.165) is 24.5 Å². The SMILES string of the molecule is c1coc(CC2CNOc3ccccc32)c1. The quantitative estimate of drug-likeness (QED) is 0.835. The molecule has 1 aromatic heterocycles. The number of rotatable bonds is 2. The van der Waals surface area contributed by atoms with Crippen LogP contribution in [-0.2, 0) is 6.42 Å². The Kier molecular flexibility index (Phi) is 2.38. The highest BCUT2D eigenvalue weighted by molar-refractivity contribution is 5.38. The van der Waals surface area contributed by atoms with E-state index in [4.69, 9.17) is 9.25 Å². The molecule has 0 radical (unpaired) electrons. The second kappa shape index (κ2) is 4.02. The molecule has 3 nitrogen and oxygen atoms in total. The Morgan fingerprint density at radius 3 is 3.00 bits per heavy atom. The van der Waals surface area contributed by atoms with E-state index in [9.17, 15) is 0 Å². The summed E-state index contributed by atoms with van der Waals surface area (Å²) in [6.07, 6.45) is 2.62. The van der Waals surface area contributed by atoms with Crippen molar-refractivity contribution in [3.05, 3.63) is 54.0 Å². The first-order valence-corrected chi connectivity index (χ1v) is 5.44. The van der Waals surface area contributed by atoms with Crippen molar-refractivity contribution >= 4 is 0 Å². The van der Waals surface area contributed by atoms with Crippen molar-refractivity contribution in [1.29, 1.82) is 0 Å². The van der Waals surface area contributed by atoms with Gasteiger partial charge in [-0.1, -0.05) is 18.2 Å². The molecule has 16 heavy (non-hydrogen) atoms. The van der Waals surface area contributed by atoms with Gasteiger partial charge in [-0.3, -0.25) is 0 Å². The summed E-state index contributed by atoms with van der Waals surface area (Å²) in [6, 6.07) is 12.1. The third-order valence-corrected chi connectivity index (χ3v) is 2.90. The number of para-hydroxylation sites is 1. The van der Waals surface area contributed by atoms with Gasteiger partial charge in [0.05, 0.1) is 6.26 Å². The van der Waals surface area contributed by atoms with Crippen LogP contribution >= 0.6 is 0 Å². The van der Waals surface area contributed by atoms with Gasteiger partial charge in [0.25, 0.3) is 0 Å². The van der Waals surface area contributed by atoms with E-state index in [1.54, 1.807) is 6.26 Å². The molecule has 1 atom stereocenters. The molecule has 0 fully saturated rings. The van der Waals surface area contributed by atoms with Crippen LogP contribution in [0, 0.1) is 0 Å². The summed E-state index contributed by atoms with van der Waals surface area (Å²) < 4.78 is 5.38. The zero-order valence-corrected chi connectivity index (χ0v) is 8.85. The van der Waals surface area contributed by atoms with Gasteiger partial charge < -0.3 is 9.25 Å². The van der Waals surface area contributed by atoms with Crippen LogP contribution in [0.25, 0.3) is 0 Å². The van der Waals surface area contributed by atoms with E-state index in [1.807, 2.05) is 30.3 Å². The molecule has 0 amide bonds. The Morgan fingerprint density at radius 2 is 2.12 bits per heavy atom. The minimum absolute atomic E-state index is 0.413. The highest BCUT2D eigenvalue weighted by atomic mass is 16.6. The smallest absolute Gasteiger partial charge is 0.150 e. The van der Waals surface area contributed by atoms with Crippen LogP contribution in [0.3, 0.4) is 0 Å². The maximum Gasteiger partial charge on any atom is 0.150 e. The van der Waals surface area contributed by atoms with Gasteiger partial charge in [0.15, 0.2) is 5.75 Å². The summed E-state index contributed by atoms with van der Waals surface area (Å²) in [5, 5.41) is 0. The predicted molar refractivity (Wildman–Crippen MR) is 60.2 cm³/mol. The highest BCUT2D eigenvalue weighted by Gasteiger charge is 2.21. The molecular formula is C13H13NO2. The molecule has 1 N–H and O–H groups in total. The van der Waals surface area contributed by atoms with Crippen LogP contribution in [0.1, 0.15) is 17.2 Å². The van der Waals surface area contributed by atoms with Crippen LogP contribution in [0.4, 0.5) is 0 Å². The van der Waals surface area contributed by atoms with Crippen molar-refractivity contribution < 1.29 is 9.25 Å². The second-order valence-corrected chi connectivity index (χ2v) is 3.97. The summed E-state index contributed by atoms with van der Waals surface area (Å²) in [7, 11) is 0. The largest absolute Gasteiger partial charge is 0.469 e. The Bertz CT molecular complexity index is 465. The summed E-state index contributed by atoms with van der Waals surface area (Å²) in [4.78, 5) is 5.39. The Morgan fingerprint density at radius 1 is 1.19 bits per heavy atom. The van der Waals surface area contributed by atoms with Crippen molar-refractivity contribution in [3.63, 3.8) is 0 Å². The summed E-state index contributed by atoms with van der Waals surface area (Å²) in [5.41, 5.74) is 4.21. The first-order valence-electron chi connectivity index (χ1n) is 5.44. The molecule has 1 aliphatic rings. The zero-order chi connectivity index (χ0) is 10.8. The Labute approximate surface area is 94.0 Å². The van der Waals surface area contributed by atoms with Crippen molar-refractivity contribution in [3.8, 4) is 5.75 Å². The maximum atomic E-state index is 5.39. The minimum Gasteiger partial charge on any atom is -0.469 e. The minimum atomic E-state index is 0.413. The summed E-state index contributed by atoms with van der Waals surface area (Å²) in [5.74, 6) is 2.35. The second-order valence-electron chi connectivity index (χ2n) is 3.97. The maximum absolute atomic E-state index is 5.39. The monoisotopic (exact) mass is 215 g/mol. The third-order valence-electron chi connectivity index (χ3n) is 2.90. The number of fused-ring (bicyclic) bond motifs is 1. The lowest BCUT2D eigenvalue weighted by molar-refractivity contribution is 0.164. The van der Waals surface area contributed by atoms with E-state index in [2.05, 4.69) is 11.5 Å². The first-order chi connectivity index (χ1) is 7.93. The molecule has 82 valence electrons. The Hall–Kier alpha value is -1.74. The fraction of sp³-hybridized carbons (Fsp3) is 0.231.